The molecule has 4 heteroatoms. The largest absolute Gasteiger partial charge is 0.444 e. The van der Waals surface area contributed by atoms with Crippen LogP contribution in [0, 0.1) is 12.3 Å². The van der Waals surface area contributed by atoms with E-state index in [0.717, 1.165) is 45.3 Å². The van der Waals surface area contributed by atoms with Gasteiger partial charge >= 0.3 is 6.09 Å². The zero-order valence-corrected chi connectivity index (χ0v) is 12.4. The number of ether oxygens (including phenoxy) is 1. The molecule has 1 saturated heterocycles. The van der Waals surface area contributed by atoms with Gasteiger partial charge in [-0.05, 0) is 46.6 Å². The van der Waals surface area contributed by atoms with E-state index in [0.29, 0.717) is 6.04 Å². The molecule has 1 rings (SSSR count). The average molecular weight is 266 g/mol. The van der Waals surface area contributed by atoms with E-state index in [1.807, 2.05) is 20.8 Å². The molecule has 0 aromatic carbocycles. The van der Waals surface area contributed by atoms with Crippen LogP contribution >= 0.6 is 0 Å². The molecule has 0 aliphatic carbocycles. The van der Waals surface area contributed by atoms with Gasteiger partial charge in [-0.1, -0.05) is 0 Å². The van der Waals surface area contributed by atoms with Gasteiger partial charge in [-0.15, -0.1) is 12.3 Å². The molecule has 0 spiro atoms. The number of hydrogen-bond acceptors (Lipinski definition) is 3. The van der Waals surface area contributed by atoms with Crippen molar-refractivity contribution < 1.29 is 9.53 Å². The summed E-state index contributed by atoms with van der Waals surface area (Å²) in [7, 11) is 0. The van der Waals surface area contributed by atoms with E-state index in [1.54, 1.807) is 4.90 Å². The molecule has 1 aliphatic rings. The lowest BCUT2D eigenvalue weighted by Crippen LogP contribution is -2.49. The Balaban J connectivity index is 2.33. The van der Waals surface area contributed by atoms with Crippen LogP contribution in [0.4, 0.5) is 4.79 Å². The smallest absolute Gasteiger partial charge is 0.410 e. The number of likely N-dealkylation sites (tertiary alicyclic amines) is 1. The highest BCUT2D eigenvalue weighted by Gasteiger charge is 2.27. The minimum absolute atomic E-state index is 0.206. The number of unbranched alkanes of at least 4 members (excludes halogenated alkanes) is 1. The van der Waals surface area contributed by atoms with Crippen LogP contribution in [0.25, 0.3) is 0 Å². The molecule has 1 amide bonds. The topological polar surface area (TPSA) is 41.6 Å². The minimum Gasteiger partial charge on any atom is -0.444 e. The second kappa shape index (κ2) is 7.40. The Morgan fingerprint density at radius 1 is 1.53 bits per heavy atom. The van der Waals surface area contributed by atoms with Gasteiger partial charge in [0.05, 0.1) is 0 Å². The molecule has 1 heterocycles. The van der Waals surface area contributed by atoms with Gasteiger partial charge in [-0.25, -0.2) is 4.79 Å². The normalized spacial score (nSPS) is 19.9. The fraction of sp³-hybridized carbons (Fsp3) is 0.800. The Hall–Kier alpha value is -1.21. The zero-order valence-electron chi connectivity index (χ0n) is 12.4. The first-order chi connectivity index (χ1) is 8.92. The SMILES string of the molecule is C#CCCCNC1CCCN(C(=O)OC(C)(C)C)C1. The van der Waals surface area contributed by atoms with Gasteiger partial charge in [-0.2, -0.15) is 0 Å². The summed E-state index contributed by atoms with van der Waals surface area (Å²) in [5, 5.41) is 3.46. The van der Waals surface area contributed by atoms with E-state index in [-0.39, 0.29) is 6.09 Å². The quantitative estimate of drug-likeness (QED) is 0.627. The summed E-state index contributed by atoms with van der Waals surface area (Å²) in [5.41, 5.74) is -0.426. The molecule has 0 bridgehead atoms. The van der Waals surface area contributed by atoms with Gasteiger partial charge in [0.15, 0.2) is 0 Å². The number of nitrogens with zero attached hydrogens (tertiary/aromatic N) is 1. The van der Waals surface area contributed by atoms with Crippen LogP contribution in [0.2, 0.25) is 0 Å². The number of carbonyl (C=O) groups is 1. The first kappa shape index (κ1) is 15.8. The van der Waals surface area contributed by atoms with Crippen molar-refractivity contribution in [2.24, 2.45) is 0 Å². The number of nitrogens with one attached hydrogen (secondary N) is 1. The molecule has 1 unspecified atom stereocenters. The second-order valence-corrected chi connectivity index (χ2v) is 6.03. The van der Waals surface area contributed by atoms with Crippen molar-refractivity contribution in [2.75, 3.05) is 19.6 Å². The van der Waals surface area contributed by atoms with Gasteiger partial charge in [0.2, 0.25) is 0 Å². The number of amides is 1. The Morgan fingerprint density at radius 3 is 2.89 bits per heavy atom. The standard InChI is InChI=1S/C15H26N2O2/c1-5-6-7-10-16-13-9-8-11-17(12-13)14(18)19-15(2,3)4/h1,13,16H,6-12H2,2-4H3. The second-order valence-electron chi connectivity index (χ2n) is 6.03. The van der Waals surface area contributed by atoms with E-state index in [4.69, 9.17) is 11.2 Å². The Labute approximate surface area is 116 Å². The van der Waals surface area contributed by atoms with E-state index in [2.05, 4.69) is 11.2 Å². The third kappa shape index (κ3) is 6.49. The van der Waals surface area contributed by atoms with Crippen molar-refractivity contribution in [3.63, 3.8) is 0 Å². The van der Waals surface area contributed by atoms with Crippen molar-refractivity contribution in [3.8, 4) is 12.3 Å². The first-order valence-corrected chi connectivity index (χ1v) is 7.07. The van der Waals surface area contributed by atoms with Crippen LogP contribution in [0.15, 0.2) is 0 Å². The van der Waals surface area contributed by atoms with Gasteiger partial charge in [0.25, 0.3) is 0 Å². The van der Waals surface area contributed by atoms with Crippen LogP contribution in [-0.4, -0.2) is 42.3 Å². The van der Waals surface area contributed by atoms with Gasteiger partial charge < -0.3 is 15.0 Å². The van der Waals surface area contributed by atoms with Crippen molar-refractivity contribution >= 4 is 6.09 Å². The fourth-order valence-electron chi connectivity index (χ4n) is 2.13. The Bertz CT molecular complexity index is 328. The molecule has 1 N–H and O–H groups in total. The molecule has 4 nitrogen and oxygen atoms in total. The van der Waals surface area contributed by atoms with Gasteiger partial charge in [0, 0.05) is 25.6 Å². The molecule has 1 atom stereocenters. The summed E-state index contributed by atoms with van der Waals surface area (Å²) in [6.45, 7) is 8.11. The number of piperidine rings is 1. The minimum atomic E-state index is -0.426. The monoisotopic (exact) mass is 266 g/mol. The summed E-state index contributed by atoms with van der Waals surface area (Å²) in [4.78, 5) is 13.8. The highest BCUT2D eigenvalue weighted by atomic mass is 16.6. The summed E-state index contributed by atoms with van der Waals surface area (Å²) < 4.78 is 5.40. The third-order valence-electron chi connectivity index (χ3n) is 3.00. The van der Waals surface area contributed by atoms with Crippen LogP contribution in [0.3, 0.4) is 0 Å². The maximum absolute atomic E-state index is 12.0. The molecule has 19 heavy (non-hydrogen) atoms. The Kier molecular flexibility index (Phi) is 6.17. The number of rotatable bonds is 4. The van der Waals surface area contributed by atoms with Crippen LogP contribution in [-0.2, 0) is 4.74 Å². The van der Waals surface area contributed by atoms with Crippen LogP contribution < -0.4 is 5.32 Å². The predicted octanol–water partition coefficient (Wildman–Crippen LogP) is 2.39. The van der Waals surface area contributed by atoms with E-state index >= 15 is 0 Å². The highest BCUT2D eigenvalue weighted by molar-refractivity contribution is 5.68. The maximum Gasteiger partial charge on any atom is 0.410 e. The number of carbonyl (C=O) groups excluding carboxylic acids is 1. The molecular weight excluding hydrogens is 240 g/mol. The van der Waals surface area contributed by atoms with Crippen molar-refractivity contribution in [2.45, 2.75) is 58.1 Å². The molecule has 0 aromatic heterocycles. The molecule has 1 fully saturated rings. The molecule has 0 radical (unpaired) electrons. The third-order valence-corrected chi connectivity index (χ3v) is 3.00. The molecule has 0 saturated carbocycles. The predicted molar refractivity (Wildman–Crippen MR) is 76.9 cm³/mol. The average Bonchev–Trinajstić information content (AvgIpc) is 2.33. The molecule has 0 aromatic rings. The summed E-state index contributed by atoms with van der Waals surface area (Å²) in [5.74, 6) is 2.63. The summed E-state index contributed by atoms with van der Waals surface area (Å²) in [6, 6.07) is 0.360. The van der Waals surface area contributed by atoms with E-state index < -0.39 is 5.60 Å². The molecule has 108 valence electrons. The maximum atomic E-state index is 12.0. The van der Waals surface area contributed by atoms with E-state index in [9.17, 15) is 4.79 Å². The van der Waals surface area contributed by atoms with Crippen molar-refractivity contribution in [1.82, 2.24) is 10.2 Å². The van der Waals surface area contributed by atoms with Gasteiger partial charge in [-0.3, -0.25) is 0 Å². The lowest BCUT2D eigenvalue weighted by Gasteiger charge is -2.34. The molecule has 1 aliphatic heterocycles. The lowest BCUT2D eigenvalue weighted by molar-refractivity contribution is 0.0188. The zero-order chi connectivity index (χ0) is 14.3. The van der Waals surface area contributed by atoms with Crippen LogP contribution in [0.5, 0.6) is 0 Å². The van der Waals surface area contributed by atoms with Crippen molar-refractivity contribution in [3.05, 3.63) is 0 Å². The Morgan fingerprint density at radius 2 is 2.26 bits per heavy atom. The van der Waals surface area contributed by atoms with Crippen LogP contribution in [0.1, 0.15) is 46.5 Å². The van der Waals surface area contributed by atoms with Crippen molar-refractivity contribution in [1.29, 1.82) is 0 Å². The summed E-state index contributed by atoms with van der Waals surface area (Å²) in [6.07, 6.45) is 8.93. The fourth-order valence-corrected chi connectivity index (χ4v) is 2.13. The molecular formula is C15H26N2O2. The lowest BCUT2D eigenvalue weighted by atomic mass is 10.1. The summed E-state index contributed by atoms with van der Waals surface area (Å²) >= 11 is 0. The first-order valence-electron chi connectivity index (χ1n) is 7.07. The van der Waals surface area contributed by atoms with Gasteiger partial charge in [0.1, 0.15) is 5.60 Å². The number of hydrogen-bond donors (Lipinski definition) is 1. The highest BCUT2D eigenvalue weighted by Crippen LogP contribution is 2.15. The number of terminal acetylenes is 1. The van der Waals surface area contributed by atoms with E-state index in [1.165, 1.54) is 0 Å².